The first-order valence-corrected chi connectivity index (χ1v) is 10.7. The Bertz CT molecular complexity index is 996. The summed E-state index contributed by atoms with van der Waals surface area (Å²) < 4.78 is 0. The topological polar surface area (TPSA) is 51.2 Å². The largest absolute Gasteiger partial charge is 0.300 e. The monoisotopic (exact) mass is 422 g/mol. The highest BCUT2D eigenvalue weighted by molar-refractivity contribution is 6.30. The molecule has 1 fully saturated rings. The van der Waals surface area contributed by atoms with Crippen LogP contribution in [0, 0.1) is 19.8 Å². The van der Waals surface area contributed by atoms with E-state index in [1.807, 2.05) is 63.3 Å². The fourth-order valence-corrected chi connectivity index (χ4v) is 4.65. The van der Waals surface area contributed by atoms with Gasteiger partial charge in [-0.1, -0.05) is 48.0 Å². The van der Waals surface area contributed by atoms with Crippen LogP contribution in [0.4, 0.5) is 0 Å². The summed E-state index contributed by atoms with van der Waals surface area (Å²) in [6, 6.07) is 11.4. The summed E-state index contributed by atoms with van der Waals surface area (Å²) in [6.45, 7) is 5.84. The quantitative estimate of drug-likeness (QED) is 0.528. The molecule has 0 aliphatic heterocycles. The highest BCUT2D eigenvalue weighted by atomic mass is 35.5. The molecule has 156 valence electrons. The van der Waals surface area contributed by atoms with E-state index >= 15 is 0 Å². The molecule has 2 unspecified atom stereocenters. The van der Waals surface area contributed by atoms with Crippen molar-refractivity contribution in [1.29, 1.82) is 0 Å². The van der Waals surface area contributed by atoms with E-state index in [-0.39, 0.29) is 30.2 Å². The van der Waals surface area contributed by atoms with Gasteiger partial charge in [-0.2, -0.15) is 0 Å². The van der Waals surface area contributed by atoms with Gasteiger partial charge in [-0.25, -0.2) is 0 Å². The van der Waals surface area contributed by atoms with Gasteiger partial charge >= 0.3 is 0 Å². The van der Waals surface area contributed by atoms with Crippen LogP contribution >= 0.6 is 11.6 Å². The third kappa shape index (κ3) is 4.96. The predicted molar refractivity (Wildman–Crippen MR) is 121 cm³/mol. The molecule has 30 heavy (non-hydrogen) atoms. The lowest BCUT2D eigenvalue weighted by molar-refractivity contribution is -0.127. The minimum absolute atomic E-state index is 0.0126. The molecule has 0 N–H and O–H groups in total. The van der Waals surface area contributed by atoms with Crippen molar-refractivity contribution in [3.05, 3.63) is 75.3 Å². The zero-order chi connectivity index (χ0) is 21.8. The Hall–Kier alpha value is -2.52. The fourth-order valence-electron chi connectivity index (χ4n) is 4.44. The van der Waals surface area contributed by atoms with E-state index < -0.39 is 11.8 Å². The summed E-state index contributed by atoms with van der Waals surface area (Å²) in [5.74, 6) is -1.42. The molecule has 0 radical (unpaired) electrons. The maximum Gasteiger partial charge on any atom is 0.151 e. The number of aryl methyl sites for hydroxylation is 3. The Labute approximate surface area is 183 Å². The minimum atomic E-state index is -0.740. The summed E-state index contributed by atoms with van der Waals surface area (Å²) >= 11 is 5.99. The molecule has 1 saturated carbocycles. The van der Waals surface area contributed by atoms with Crippen LogP contribution in [0.25, 0.3) is 6.08 Å². The fraction of sp³-hybridized carbons (Fsp3) is 0.346. The Morgan fingerprint density at radius 3 is 2.47 bits per heavy atom. The van der Waals surface area contributed by atoms with Crippen LogP contribution in [-0.4, -0.2) is 17.3 Å². The number of Topliss-reactive ketones (excluding diaryl/α,β-unsaturated/α-hetero) is 3. The van der Waals surface area contributed by atoms with Gasteiger partial charge in [0.15, 0.2) is 5.78 Å². The van der Waals surface area contributed by atoms with Gasteiger partial charge in [-0.3, -0.25) is 14.4 Å². The average Bonchev–Trinajstić information content (AvgIpc) is 2.94. The van der Waals surface area contributed by atoms with Crippen molar-refractivity contribution in [1.82, 2.24) is 0 Å². The van der Waals surface area contributed by atoms with Crippen molar-refractivity contribution in [2.24, 2.45) is 5.92 Å². The molecule has 0 bridgehead atoms. The lowest BCUT2D eigenvalue weighted by Gasteiger charge is -2.16. The van der Waals surface area contributed by atoms with E-state index in [1.54, 1.807) is 6.07 Å². The summed E-state index contributed by atoms with van der Waals surface area (Å²) in [5, 5.41) is 0.644. The molecule has 0 aromatic heterocycles. The number of carbonyl (C=O) groups is 3. The van der Waals surface area contributed by atoms with Gasteiger partial charge < -0.3 is 0 Å². The second-order valence-corrected chi connectivity index (χ2v) is 8.58. The number of hydrogen-bond donors (Lipinski definition) is 0. The van der Waals surface area contributed by atoms with E-state index in [4.69, 9.17) is 11.6 Å². The number of carbonyl (C=O) groups excluding carboxylic acids is 3. The van der Waals surface area contributed by atoms with E-state index in [0.717, 1.165) is 27.8 Å². The van der Waals surface area contributed by atoms with Crippen LogP contribution in [0.3, 0.4) is 0 Å². The summed E-state index contributed by atoms with van der Waals surface area (Å²) in [4.78, 5) is 38.3. The third-order valence-corrected chi connectivity index (χ3v) is 6.01. The van der Waals surface area contributed by atoms with E-state index in [2.05, 4.69) is 0 Å². The minimum Gasteiger partial charge on any atom is -0.300 e. The summed E-state index contributed by atoms with van der Waals surface area (Å²) in [5.41, 5.74) is 4.76. The van der Waals surface area contributed by atoms with Crippen molar-refractivity contribution < 1.29 is 14.4 Å². The van der Waals surface area contributed by atoms with Crippen LogP contribution in [0.2, 0.25) is 5.02 Å². The number of ketones is 3. The van der Waals surface area contributed by atoms with Crippen molar-refractivity contribution in [2.45, 2.75) is 52.4 Å². The molecular formula is C26H27ClO3. The average molecular weight is 423 g/mol. The zero-order valence-corrected chi connectivity index (χ0v) is 18.5. The molecule has 2 aromatic carbocycles. The molecule has 0 heterocycles. The first kappa shape index (κ1) is 22.2. The Kier molecular flexibility index (Phi) is 7.04. The summed E-state index contributed by atoms with van der Waals surface area (Å²) in [6.07, 6.45) is 5.19. The Balaban J connectivity index is 1.70. The van der Waals surface area contributed by atoms with Gasteiger partial charge in [0, 0.05) is 30.2 Å². The van der Waals surface area contributed by atoms with Gasteiger partial charge in [0.05, 0.1) is 0 Å². The van der Waals surface area contributed by atoms with E-state index in [9.17, 15) is 14.4 Å². The molecular weight excluding hydrogens is 396 g/mol. The van der Waals surface area contributed by atoms with Gasteiger partial charge in [0.1, 0.15) is 17.5 Å². The number of hydrogen-bond acceptors (Lipinski definition) is 3. The maximum atomic E-state index is 13.1. The van der Waals surface area contributed by atoms with Crippen LogP contribution in [0.1, 0.15) is 59.9 Å². The van der Waals surface area contributed by atoms with Gasteiger partial charge in [-0.05, 0) is 67.1 Å². The van der Waals surface area contributed by atoms with Crippen LogP contribution < -0.4 is 0 Å². The van der Waals surface area contributed by atoms with Crippen LogP contribution in [0.15, 0.2) is 42.5 Å². The van der Waals surface area contributed by atoms with Gasteiger partial charge in [0.25, 0.3) is 0 Å². The predicted octanol–water partition coefficient (Wildman–Crippen LogP) is 5.82. The van der Waals surface area contributed by atoms with Crippen molar-refractivity contribution >= 4 is 35.0 Å². The highest BCUT2D eigenvalue weighted by Crippen LogP contribution is 2.38. The summed E-state index contributed by atoms with van der Waals surface area (Å²) in [7, 11) is 0. The number of benzene rings is 2. The molecule has 4 heteroatoms. The Morgan fingerprint density at radius 2 is 1.83 bits per heavy atom. The molecule has 1 aliphatic rings. The van der Waals surface area contributed by atoms with Crippen molar-refractivity contribution in [3.8, 4) is 0 Å². The third-order valence-electron chi connectivity index (χ3n) is 5.78. The number of rotatable bonds is 7. The standard InChI is InChI=1S/C26H27ClO3/c1-4-6-19-11-16(2)24(17(3)12-19)25-23(29)15-20(26(25)30)14-22(28)10-9-18-7-5-8-21(27)13-18/h4-8,11-13,20,25H,9-10,14-15H2,1-3H3/b6-4+. The second-order valence-electron chi connectivity index (χ2n) is 8.14. The molecule has 2 atom stereocenters. The smallest absolute Gasteiger partial charge is 0.151 e. The molecule has 3 rings (SSSR count). The van der Waals surface area contributed by atoms with Crippen molar-refractivity contribution in [3.63, 3.8) is 0 Å². The molecule has 0 spiro atoms. The molecule has 1 aliphatic carbocycles. The van der Waals surface area contributed by atoms with E-state index in [0.29, 0.717) is 17.9 Å². The van der Waals surface area contributed by atoms with Gasteiger partial charge in [0.2, 0.25) is 0 Å². The molecule has 3 nitrogen and oxygen atoms in total. The van der Waals surface area contributed by atoms with Crippen LogP contribution in [0.5, 0.6) is 0 Å². The zero-order valence-electron chi connectivity index (χ0n) is 17.7. The first-order valence-electron chi connectivity index (χ1n) is 10.4. The molecule has 2 aromatic rings. The lowest BCUT2D eigenvalue weighted by atomic mass is 9.85. The maximum absolute atomic E-state index is 13.1. The lowest BCUT2D eigenvalue weighted by Crippen LogP contribution is -2.19. The normalized spacial score (nSPS) is 19.1. The molecule has 0 saturated heterocycles. The van der Waals surface area contributed by atoms with Gasteiger partial charge in [-0.15, -0.1) is 0 Å². The van der Waals surface area contributed by atoms with Crippen molar-refractivity contribution in [2.75, 3.05) is 0 Å². The van der Waals surface area contributed by atoms with Crippen LogP contribution in [-0.2, 0) is 20.8 Å². The van der Waals surface area contributed by atoms with E-state index in [1.165, 1.54) is 0 Å². The molecule has 0 amide bonds. The highest BCUT2D eigenvalue weighted by Gasteiger charge is 2.43. The Morgan fingerprint density at radius 1 is 1.13 bits per heavy atom. The SMILES string of the molecule is C/C=C/c1cc(C)c(C2C(=O)CC(CC(=O)CCc3cccc(Cl)c3)C2=O)c(C)c1. The number of allylic oxidation sites excluding steroid dienone is 1. The first-order chi connectivity index (χ1) is 14.3. The number of halogens is 1. The second kappa shape index (κ2) is 9.53.